The molecular weight excluding hydrogens is 356 g/mol. The molecule has 1 aliphatic carbocycles. The van der Waals surface area contributed by atoms with E-state index in [0.717, 1.165) is 25.7 Å². The van der Waals surface area contributed by atoms with Crippen molar-refractivity contribution in [2.45, 2.75) is 51.1 Å². The van der Waals surface area contributed by atoms with Gasteiger partial charge >= 0.3 is 6.03 Å². The van der Waals surface area contributed by atoms with Crippen molar-refractivity contribution in [1.82, 2.24) is 20.4 Å². The summed E-state index contributed by atoms with van der Waals surface area (Å²) in [5, 5.41) is 5.38. The lowest BCUT2D eigenvalue weighted by atomic mass is 9.96. The predicted molar refractivity (Wildman–Crippen MR) is 107 cm³/mol. The van der Waals surface area contributed by atoms with Crippen LogP contribution in [0, 0.1) is 0 Å². The number of carbonyl (C=O) groups excluding carboxylic acids is 3. The number of nitrogens with zero attached hydrogens (tertiary/aromatic N) is 2. The molecule has 2 N–H and O–H groups in total. The Hall–Kier alpha value is -2.41. The number of imide groups is 1. The lowest BCUT2D eigenvalue weighted by Crippen LogP contribution is -2.56. The van der Waals surface area contributed by atoms with Gasteiger partial charge in [0.15, 0.2) is 0 Å². The number of nitrogens with one attached hydrogen (secondary N) is 2. The van der Waals surface area contributed by atoms with Crippen molar-refractivity contribution < 1.29 is 14.4 Å². The molecule has 4 amide bonds. The van der Waals surface area contributed by atoms with Crippen LogP contribution in [-0.2, 0) is 4.79 Å². The maximum absolute atomic E-state index is 12.5. The second-order valence-corrected chi connectivity index (χ2v) is 7.67. The van der Waals surface area contributed by atoms with Crippen molar-refractivity contribution in [3.8, 4) is 0 Å². The molecule has 0 aromatic heterocycles. The summed E-state index contributed by atoms with van der Waals surface area (Å²) in [6, 6.07) is 8.59. The molecule has 0 bridgehead atoms. The summed E-state index contributed by atoms with van der Waals surface area (Å²) < 4.78 is 0. The van der Waals surface area contributed by atoms with Crippen molar-refractivity contribution in [3.05, 3.63) is 35.9 Å². The lowest BCUT2D eigenvalue weighted by molar-refractivity contribution is -0.125. The van der Waals surface area contributed by atoms with E-state index in [9.17, 15) is 14.4 Å². The third-order valence-electron chi connectivity index (χ3n) is 5.73. The molecule has 1 atom stereocenters. The molecule has 2 fully saturated rings. The highest BCUT2D eigenvalue weighted by atomic mass is 16.2. The molecule has 7 nitrogen and oxygen atoms in total. The summed E-state index contributed by atoms with van der Waals surface area (Å²) in [5.74, 6) is -0.277. The number of hydrogen-bond donors (Lipinski definition) is 2. The minimum absolute atomic E-state index is 0.0178. The van der Waals surface area contributed by atoms with Gasteiger partial charge in [0, 0.05) is 37.8 Å². The van der Waals surface area contributed by atoms with Crippen LogP contribution < -0.4 is 10.6 Å². The van der Waals surface area contributed by atoms with Crippen LogP contribution in [0.5, 0.6) is 0 Å². The summed E-state index contributed by atoms with van der Waals surface area (Å²) in [7, 11) is 0. The van der Waals surface area contributed by atoms with Crippen molar-refractivity contribution >= 4 is 17.8 Å². The SMILES string of the molecule is C[C@H](C(=O)NC(=O)NC1CCCCC1)N1CCN(C(=O)c2ccccc2)CC1. The van der Waals surface area contributed by atoms with Gasteiger partial charge in [0.1, 0.15) is 0 Å². The van der Waals surface area contributed by atoms with Crippen LogP contribution in [0.1, 0.15) is 49.4 Å². The Kier molecular flexibility index (Phi) is 7.03. The van der Waals surface area contributed by atoms with E-state index in [2.05, 4.69) is 10.6 Å². The average Bonchev–Trinajstić information content (AvgIpc) is 2.74. The summed E-state index contributed by atoms with van der Waals surface area (Å²) in [6.07, 6.45) is 5.43. The largest absolute Gasteiger partial charge is 0.336 e. The Labute approximate surface area is 166 Å². The minimum Gasteiger partial charge on any atom is -0.336 e. The molecule has 0 spiro atoms. The van der Waals surface area contributed by atoms with E-state index < -0.39 is 12.1 Å². The Morgan fingerprint density at radius 2 is 1.61 bits per heavy atom. The summed E-state index contributed by atoms with van der Waals surface area (Å²) in [6.45, 7) is 4.16. The van der Waals surface area contributed by atoms with Gasteiger partial charge in [-0.3, -0.25) is 19.8 Å². The van der Waals surface area contributed by atoms with Gasteiger partial charge in [-0.25, -0.2) is 4.79 Å². The molecule has 1 aromatic carbocycles. The standard InChI is InChI=1S/C21H30N4O3/c1-16(19(26)23-21(28)22-18-10-6-3-7-11-18)24-12-14-25(15-13-24)20(27)17-8-4-2-5-9-17/h2,4-5,8-9,16,18H,3,6-7,10-15H2,1H3,(H2,22,23,26,28)/t16-/m1/s1. The van der Waals surface area contributed by atoms with Gasteiger partial charge < -0.3 is 10.2 Å². The molecular formula is C21H30N4O3. The first-order valence-corrected chi connectivity index (χ1v) is 10.2. The van der Waals surface area contributed by atoms with Gasteiger partial charge in [0.05, 0.1) is 6.04 Å². The van der Waals surface area contributed by atoms with E-state index in [0.29, 0.717) is 31.7 Å². The zero-order valence-corrected chi connectivity index (χ0v) is 16.5. The first kappa shape index (κ1) is 20.3. The van der Waals surface area contributed by atoms with Crippen molar-refractivity contribution in [1.29, 1.82) is 0 Å². The maximum atomic E-state index is 12.5. The van der Waals surface area contributed by atoms with Crippen LogP contribution in [0.3, 0.4) is 0 Å². The van der Waals surface area contributed by atoms with Gasteiger partial charge in [-0.2, -0.15) is 0 Å². The number of amides is 4. The van der Waals surface area contributed by atoms with E-state index in [1.165, 1.54) is 6.42 Å². The molecule has 1 saturated heterocycles. The first-order chi connectivity index (χ1) is 13.5. The van der Waals surface area contributed by atoms with Crippen LogP contribution in [-0.4, -0.2) is 65.9 Å². The van der Waals surface area contributed by atoms with E-state index in [-0.39, 0.29) is 17.9 Å². The van der Waals surface area contributed by atoms with Crippen molar-refractivity contribution in [2.24, 2.45) is 0 Å². The van der Waals surface area contributed by atoms with E-state index in [1.54, 1.807) is 6.92 Å². The van der Waals surface area contributed by atoms with Gasteiger partial charge in [0.25, 0.3) is 5.91 Å². The van der Waals surface area contributed by atoms with E-state index >= 15 is 0 Å². The smallest absolute Gasteiger partial charge is 0.321 e. The molecule has 7 heteroatoms. The second-order valence-electron chi connectivity index (χ2n) is 7.67. The molecule has 28 heavy (non-hydrogen) atoms. The zero-order chi connectivity index (χ0) is 19.9. The summed E-state index contributed by atoms with van der Waals surface area (Å²) in [5.41, 5.74) is 0.682. The first-order valence-electron chi connectivity index (χ1n) is 10.2. The minimum atomic E-state index is -0.411. The molecule has 3 rings (SSSR count). The molecule has 1 saturated carbocycles. The average molecular weight is 386 g/mol. The Balaban J connectivity index is 1.43. The molecule has 0 radical (unpaired) electrons. The third kappa shape index (κ3) is 5.32. The van der Waals surface area contributed by atoms with E-state index in [1.807, 2.05) is 40.1 Å². The fourth-order valence-electron chi connectivity index (χ4n) is 3.93. The Morgan fingerprint density at radius 1 is 0.964 bits per heavy atom. The highest BCUT2D eigenvalue weighted by Crippen LogP contribution is 2.17. The number of urea groups is 1. The predicted octanol–water partition coefficient (Wildman–Crippen LogP) is 1.99. The third-order valence-corrected chi connectivity index (χ3v) is 5.73. The normalized spacial score (nSPS) is 19.7. The van der Waals surface area contributed by atoms with Crippen LogP contribution >= 0.6 is 0 Å². The fraction of sp³-hybridized carbons (Fsp3) is 0.571. The lowest BCUT2D eigenvalue weighted by Gasteiger charge is -2.37. The molecule has 1 aromatic rings. The molecule has 1 heterocycles. The van der Waals surface area contributed by atoms with Gasteiger partial charge in [-0.15, -0.1) is 0 Å². The van der Waals surface area contributed by atoms with Crippen molar-refractivity contribution in [2.75, 3.05) is 26.2 Å². The fourth-order valence-corrected chi connectivity index (χ4v) is 3.93. The highest BCUT2D eigenvalue weighted by molar-refractivity contribution is 5.97. The highest BCUT2D eigenvalue weighted by Gasteiger charge is 2.29. The molecule has 152 valence electrons. The Morgan fingerprint density at radius 3 is 2.25 bits per heavy atom. The van der Waals surface area contributed by atoms with Gasteiger partial charge in [-0.1, -0.05) is 37.5 Å². The number of rotatable bonds is 4. The maximum Gasteiger partial charge on any atom is 0.321 e. The Bertz CT molecular complexity index is 680. The number of piperazine rings is 1. The van der Waals surface area contributed by atoms with Crippen LogP contribution in [0.15, 0.2) is 30.3 Å². The van der Waals surface area contributed by atoms with Crippen LogP contribution in [0.25, 0.3) is 0 Å². The van der Waals surface area contributed by atoms with E-state index in [4.69, 9.17) is 0 Å². The zero-order valence-electron chi connectivity index (χ0n) is 16.5. The number of hydrogen-bond acceptors (Lipinski definition) is 4. The number of benzene rings is 1. The van der Waals surface area contributed by atoms with Crippen LogP contribution in [0.2, 0.25) is 0 Å². The summed E-state index contributed by atoms with van der Waals surface area (Å²) in [4.78, 5) is 40.9. The topological polar surface area (TPSA) is 81.8 Å². The summed E-state index contributed by atoms with van der Waals surface area (Å²) >= 11 is 0. The van der Waals surface area contributed by atoms with Gasteiger partial charge in [-0.05, 0) is 31.9 Å². The van der Waals surface area contributed by atoms with Crippen molar-refractivity contribution in [3.63, 3.8) is 0 Å². The molecule has 0 unspecified atom stereocenters. The quantitative estimate of drug-likeness (QED) is 0.829. The van der Waals surface area contributed by atoms with Gasteiger partial charge in [0.2, 0.25) is 5.91 Å². The van der Waals surface area contributed by atoms with Crippen LogP contribution in [0.4, 0.5) is 4.79 Å². The monoisotopic (exact) mass is 386 g/mol. The second kappa shape index (κ2) is 9.68. The molecule has 2 aliphatic rings. The molecule has 1 aliphatic heterocycles. The number of carbonyl (C=O) groups is 3.